The molecule has 4 N–H and O–H groups in total. The molecule has 0 atom stereocenters. The molecule has 0 unspecified atom stereocenters. The molecule has 1 aromatic heterocycles. The van der Waals surface area contributed by atoms with E-state index in [4.69, 9.17) is 10.9 Å². The largest absolute Gasteiger partial charge is 0.409 e. The highest BCUT2D eigenvalue weighted by Gasteiger charge is 2.15. The summed E-state index contributed by atoms with van der Waals surface area (Å²) in [7, 11) is 1.60. The average Bonchev–Trinajstić information content (AvgIpc) is 2.79. The molecular weight excluding hydrogens is 277 g/mol. The van der Waals surface area contributed by atoms with Crippen molar-refractivity contribution in [3.05, 3.63) is 47.4 Å². The van der Waals surface area contributed by atoms with Crippen molar-refractivity contribution < 1.29 is 14.4 Å². The number of anilines is 1. The molecule has 21 heavy (non-hydrogen) atoms. The van der Waals surface area contributed by atoms with Crippen LogP contribution in [0.15, 0.2) is 35.6 Å². The Morgan fingerprint density at radius 3 is 3.00 bits per heavy atom. The van der Waals surface area contributed by atoms with Gasteiger partial charge in [-0.05, 0) is 17.7 Å². The molecule has 0 fully saturated rings. The van der Waals surface area contributed by atoms with Crippen LogP contribution in [0.25, 0.3) is 0 Å². The maximum absolute atomic E-state index is 13.1. The maximum Gasteiger partial charge on any atom is 0.229 e. The van der Waals surface area contributed by atoms with Crippen LogP contribution in [-0.4, -0.2) is 26.7 Å². The van der Waals surface area contributed by atoms with E-state index < -0.39 is 5.82 Å². The molecule has 8 heteroatoms. The van der Waals surface area contributed by atoms with Crippen LogP contribution >= 0.6 is 0 Å². The number of halogens is 1. The molecule has 2 aromatic rings. The topological polar surface area (TPSA) is 106 Å². The number of nitrogens with zero attached hydrogens (tertiary/aromatic N) is 3. The molecule has 0 aliphatic rings. The smallest absolute Gasteiger partial charge is 0.229 e. The Morgan fingerprint density at radius 1 is 1.57 bits per heavy atom. The lowest BCUT2D eigenvalue weighted by Crippen LogP contribution is -2.21. The average molecular weight is 291 g/mol. The summed E-state index contributed by atoms with van der Waals surface area (Å²) in [6.07, 6.45) is 1.37. The second kappa shape index (κ2) is 6.04. The van der Waals surface area contributed by atoms with Crippen LogP contribution in [0.2, 0.25) is 0 Å². The molecule has 110 valence electrons. The van der Waals surface area contributed by atoms with E-state index in [0.717, 1.165) is 0 Å². The van der Waals surface area contributed by atoms with E-state index in [1.807, 2.05) is 0 Å². The van der Waals surface area contributed by atoms with Crippen LogP contribution in [0, 0.1) is 5.82 Å². The van der Waals surface area contributed by atoms with Crippen molar-refractivity contribution in [2.75, 3.05) is 5.32 Å². The van der Waals surface area contributed by atoms with Gasteiger partial charge < -0.3 is 16.3 Å². The minimum absolute atomic E-state index is 0.00144. The number of aromatic nitrogens is 2. The van der Waals surface area contributed by atoms with Gasteiger partial charge in [-0.1, -0.05) is 17.3 Å². The Kier molecular flexibility index (Phi) is 4.17. The molecule has 0 aliphatic carbocycles. The third kappa shape index (κ3) is 3.35. The molecule has 2 rings (SSSR count). The van der Waals surface area contributed by atoms with Gasteiger partial charge in [0.05, 0.1) is 18.2 Å². The fraction of sp³-hybridized carbons (Fsp3) is 0.154. The number of hydrogen-bond donors (Lipinski definition) is 3. The van der Waals surface area contributed by atoms with Gasteiger partial charge in [-0.15, -0.1) is 0 Å². The number of oxime groups is 1. The third-order valence-electron chi connectivity index (χ3n) is 2.83. The third-order valence-corrected chi connectivity index (χ3v) is 2.83. The summed E-state index contributed by atoms with van der Waals surface area (Å²) < 4.78 is 14.5. The molecule has 1 amide bonds. The van der Waals surface area contributed by atoms with E-state index in [1.54, 1.807) is 13.1 Å². The highest BCUT2D eigenvalue weighted by molar-refractivity contribution is 6.04. The van der Waals surface area contributed by atoms with Crippen molar-refractivity contribution in [1.82, 2.24) is 9.78 Å². The minimum atomic E-state index is -0.404. The fourth-order valence-corrected chi connectivity index (χ4v) is 1.84. The number of carbonyl (C=O) groups is 1. The standard InChI is InChI=1S/C13H14FN5O2/c1-19-13(10(7-16-19)12(15)18-21)17-11(20)6-8-3-2-4-9(14)5-8/h2-5,7,21H,6H2,1H3,(H2,15,18)(H,17,20). The first-order valence-electron chi connectivity index (χ1n) is 6.05. The van der Waals surface area contributed by atoms with Crippen molar-refractivity contribution in [3.63, 3.8) is 0 Å². The van der Waals surface area contributed by atoms with Crippen molar-refractivity contribution >= 4 is 17.6 Å². The van der Waals surface area contributed by atoms with Crippen molar-refractivity contribution in [3.8, 4) is 0 Å². The Hall–Kier alpha value is -2.90. The highest BCUT2D eigenvalue weighted by atomic mass is 19.1. The quantitative estimate of drug-likeness (QED) is 0.336. The first-order valence-corrected chi connectivity index (χ1v) is 6.05. The Labute approximate surface area is 119 Å². The molecule has 0 saturated heterocycles. The number of hydrogen-bond acceptors (Lipinski definition) is 4. The van der Waals surface area contributed by atoms with E-state index in [-0.39, 0.29) is 18.2 Å². The number of rotatable bonds is 4. The maximum atomic E-state index is 13.1. The van der Waals surface area contributed by atoms with E-state index in [9.17, 15) is 9.18 Å². The highest BCUT2D eigenvalue weighted by Crippen LogP contribution is 2.14. The SMILES string of the molecule is Cn1ncc(C(N)=NO)c1NC(=O)Cc1cccc(F)c1. The lowest BCUT2D eigenvalue weighted by molar-refractivity contribution is -0.115. The summed E-state index contributed by atoms with van der Waals surface area (Å²) in [5.41, 5.74) is 6.34. The lowest BCUT2D eigenvalue weighted by atomic mass is 10.1. The Morgan fingerprint density at radius 2 is 2.33 bits per heavy atom. The van der Waals surface area contributed by atoms with Gasteiger partial charge in [0, 0.05) is 7.05 Å². The number of amides is 1. The number of nitrogens with two attached hydrogens (primary N) is 1. The second-order valence-corrected chi connectivity index (χ2v) is 4.37. The molecule has 0 spiro atoms. The van der Waals surface area contributed by atoms with Crippen molar-refractivity contribution in [2.45, 2.75) is 6.42 Å². The van der Waals surface area contributed by atoms with Crippen LogP contribution in [0.5, 0.6) is 0 Å². The Balaban J connectivity index is 2.15. The lowest BCUT2D eigenvalue weighted by Gasteiger charge is -2.08. The molecular formula is C13H14FN5O2. The van der Waals surface area contributed by atoms with E-state index in [0.29, 0.717) is 16.9 Å². The number of aryl methyl sites for hydroxylation is 1. The van der Waals surface area contributed by atoms with Gasteiger partial charge >= 0.3 is 0 Å². The summed E-state index contributed by atoms with van der Waals surface area (Å²) in [6.45, 7) is 0. The zero-order chi connectivity index (χ0) is 15.4. The zero-order valence-corrected chi connectivity index (χ0v) is 11.2. The van der Waals surface area contributed by atoms with Gasteiger partial charge in [0.2, 0.25) is 5.91 Å². The van der Waals surface area contributed by atoms with Crippen LogP contribution in [0.3, 0.4) is 0 Å². The summed E-state index contributed by atoms with van der Waals surface area (Å²) in [5.74, 6) is -0.634. The number of nitrogens with one attached hydrogen (secondary N) is 1. The number of benzene rings is 1. The van der Waals surface area contributed by atoms with Gasteiger partial charge in [0.25, 0.3) is 0 Å². The van der Waals surface area contributed by atoms with Gasteiger partial charge in [0.15, 0.2) is 5.84 Å². The molecule has 0 aliphatic heterocycles. The first-order chi connectivity index (χ1) is 10.0. The molecule has 0 bridgehead atoms. The molecule has 1 heterocycles. The van der Waals surface area contributed by atoms with Crippen molar-refractivity contribution in [1.29, 1.82) is 0 Å². The molecule has 0 saturated carbocycles. The van der Waals surface area contributed by atoms with Gasteiger partial charge in [-0.25, -0.2) is 4.39 Å². The first kappa shape index (κ1) is 14.5. The summed E-state index contributed by atoms with van der Waals surface area (Å²) in [5, 5.41) is 18.1. The van der Waals surface area contributed by atoms with Crippen LogP contribution in [0.1, 0.15) is 11.1 Å². The van der Waals surface area contributed by atoms with Crippen LogP contribution in [-0.2, 0) is 18.3 Å². The van der Waals surface area contributed by atoms with Gasteiger partial charge in [0.1, 0.15) is 11.6 Å². The van der Waals surface area contributed by atoms with Gasteiger partial charge in [-0.3, -0.25) is 9.48 Å². The number of carbonyl (C=O) groups excluding carboxylic acids is 1. The van der Waals surface area contributed by atoms with Crippen LogP contribution in [0.4, 0.5) is 10.2 Å². The predicted octanol–water partition coefficient (Wildman–Crippen LogP) is 0.835. The summed E-state index contributed by atoms with van der Waals surface area (Å²) in [6, 6.07) is 5.77. The van der Waals surface area contributed by atoms with Crippen molar-refractivity contribution in [2.24, 2.45) is 17.9 Å². The predicted molar refractivity (Wildman–Crippen MR) is 74.5 cm³/mol. The minimum Gasteiger partial charge on any atom is -0.409 e. The van der Waals surface area contributed by atoms with Gasteiger partial charge in [-0.2, -0.15) is 5.10 Å². The normalized spacial score (nSPS) is 11.4. The zero-order valence-electron chi connectivity index (χ0n) is 11.2. The van der Waals surface area contributed by atoms with E-state index in [2.05, 4.69) is 15.6 Å². The Bertz CT molecular complexity index is 696. The van der Waals surface area contributed by atoms with Crippen LogP contribution < -0.4 is 11.1 Å². The van der Waals surface area contributed by atoms with E-state index >= 15 is 0 Å². The fourth-order valence-electron chi connectivity index (χ4n) is 1.84. The molecule has 7 nitrogen and oxygen atoms in total. The van der Waals surface area contributed by atoms with E-state index in [1.165, 1.54) is 29.1 Å². The summed E-state index contributed by atoms with van der Waals surface area (Å²) >= 11 is 0. The second-order valence-electron chi connectivity index (χ2n) is 4.37. The molecule has 1 aromatic carbocycles. The monoisotopic (exact) mass is 291 g/mol. The molecule has 0 radical (unpaired) electrons. The summed E-state index contributed by atoms with van der Waals surface area (Å²) in [4.78, 5) is 12.0. The number of amidine groups is 1.